The number of esters is 1. The first-order chi connectivity index (χ1) is 11.4. The number of phenols is 2. The standard InChI is InChI=1S/2C9H10O3/c1-2-12-9(11)7-3-5-8(10)6-4-7;1-2-6-4-3-5-7(8(6)10)9(11)12/h3-6,10H,2H2,1H3;3-5,10H,2H2,1H3,(H,11,12). The van der Waals surface area contributed by atoms with Crippen LogP contribution in [-0.2, 0) is 11.2 Å². The van der Waals surface area contributed by atoms with Gasteiger partial charge in [-0.2, -0.15) is 0 Å². The maximum Gasteiger partial charge on any atom is 0.339 e. The number of para-hydroxylation sites is 1. The van der Waals surface area contributed by atoms with Crippen molar-refractivity contribution >= 4 is 11.9 Å². The summed E-state index contributed by atoms with van der Waals surface area (Å²) in [5.74, 6) is -1.43. The number of aromatic hydroxyl groups is 2. The Balaban J connectivity index is 0.000000240. The van der Waals surface area contributed by atoms with E-state index in [0.717, 1.165) is 0 Å². The van der Waals surface area contributed by atoms with Crippen molar-refractivity contribution in [2.45, 2.75) is 20.3 Å². The van der Waals surface area contributed by atoms with Crippen LogP contribution in [0.25, 0.3) is 0 Å². The van der Waals surface area contributed by atoms with Crippen molar-refractivity contribution in [3.05, 3.63) is 59.2 Å². The van der Waals surface area contributed by atoms with Crippen molar-refractivity contribution in [2.75, 3.05) is 6.61 Å². The van der Waals surface area contributed by atoms with E-state index in [-0.39, 0.29) is 23.0 Å². The highest BCUT2D eigenvalue weighted by Gasteiger charge is 2.10. The Hall–Kier alpha value is -3.02. The summed E-state index contributed by atoms with van der Waals surface area (Å²) < 4.78 is 4.75. The molecule has 0 aromatic heterocycles. The lowest BCUT2D eigenvalue weighted by molar-refractivity contribution is 0.0525. The highest BCUT2D eigenvalue weighted by Crippen LogP contribution is 2.22. The van der Waals surface area contributed by atoms with E-state index in [1.807, 2.05) is 6.92 Å². The van der Waals surface area contributed by atoms with Crippen molar-refractivity contribution < 1.29 is 29.6 Å². The SMILES string of the molecule is CCOC(=O)c1ccc(O)cc1.CCc1cccc(C(=O)O)c1O. The number of carboxylic acid groups (broad SMARTS) is 1. The van der Waals surface area contributed by atoms with Gasteiger partial charge in [0.25, 0.3) is 0 Å². The summed E-state index contributed by atoms with van der Waals surface area (Å²) in [4.78, 5) is 21.6. The lowest BCUT2D eigenvalue weighted by Gasteiger charge is -2.03. The van der Waals surface area contributed by atoms with E-state index in [4.69, 9.17) is 14.9 Å². The van der Waals surface area contributed by atoms with Gasteiger partial charge in [-0.3, -0.25) is 0 Å². The molecule has 0 saturated carbocycles. The van der Waals surface area contributed by atoms with Crippen LogP contribution in [0.5, 0.6) is 11.5 Å². The number of phenolic OH excluding ortho intramolecular Hbond substituents is 1. The van der Waals surface area contributed by atoms with E-state index in [1.54, 1.807) is 19.1 Å². The largest absolute Gasteiger partial charge is 0.508 e. The number of benzene rings is 2. The number of hydrogen-bond acceptors (Lipinski definition) is 5. The molecule has 6 heteroatoms. The Morgan fingerprint density at radius 3 is 2.12 bits per heavy atom. The van der Waals surface area contributed by atoms with Gasteiger partial charge in [0, 0.05) is 0 Å². The molecule has 0 bridgehead atoms. The minimum absolute atomic E-state index is 0.0330. The van der Waals surface area contributed by atoms with E-state index in [9.17, 15) is 14.7 Å². The second-order valence-corrected chi connectivity index (χ2v) is 4.74. The van der Waals surface area contributed by atoms with Crippen LogP contribution in [0.1, 0.15) is 40.1 Å². The highest BCUT2D eigenvalue weighted by molar-refractivity contribution is 5.91. The fraction of sp³-hybridized carbons (Fsp3) is 0.222. The van der Waals surface area contributed by atoms with E-state index in [2.05, 4.69) is 0 Å². The second-order valence-electron chi connectivity index (χ2n) is 4.74. The van der Waals surface area contributed by atoms with Crippen LogP contribution >= 0.6 is 0 Å². The molecule has 0 unspecified atom stereocenters. The van der Waals surface area contributed by atoms with Gasteiger partial charge >= 0.3 is 11.9 Å². The Labute approximate surface area is 140 Å². The number of carbonyl (C=O) groups is 2. The lowest BCUT2D eigenvalue weighted by atomic mass is 10.1. The van der Waals surface area contributed by atoms with Gasteiger partial charge in [0.15, 0.2) is 0 Å². The van der Waals surface area contributed by atoms with Crippen LogP contribution in [-0.4, -0.2) is 33.9 Å². The van der Waals surface area contributed by atoms with Gasteiger partial charge in [0.1, 0.15) is 17.1 Å². The summed E-state index contributed by atoms with van der Waals surface area (Å²) in [6.45, 7) is 3.97. The van der Waals surface area contributed by atoms with Crippen LogP contribution < -0.4 is 0 Å². The molecule has 0 heterocycles. The summed E-state index contributed by atoms with van der Waals surface area (Å²) >= 11 is 0. The van der Waals surface area contributed by atoms with Crippen LogP contribution in [0.2, 0.25) is 0 Å². The fourth-order valence-corrected chi connectivity index (χ4v) is 1.86. The van der Waals surface area contributed by atoms with Gasteiger partial charge in [0.05, 0.1) is 12.2 Å². The number of carboxylic acids is 1. The number of aromatic carboxylic acids is 1. The average Bonchev–Trinajstić information content (AvgIpc) is 2.56. The molecule has 0 aliphatic carbocycles. The molecule has 24 heavy (non-hydrogen) atoms. The van der Waals surface area contributed by atoms with Gasteiger partial charge in [-0.15, -0.1) is 0 Å². The highest BCUT2D eigenvalue weighted by atomic mass is 16.5. The van der Waals surface area contributed by atoms with E-state index >= 15 is 0 Å². The predicted octanol–water partition coefficient (Wildman–Crippen LogP) is 3.22. The molecular weight excluding hydrogens is 312 g/mol. The number of aryl methyl sites for hydroxylation is 1. The van der Waals surface area contributed by atoms with E-state index in [1.165, 1.54) is 30.3 Å². The third-order valence-corrected chi connectivity index (χ3v) is 3.11. The van der Waals surface area contributed by atoms with Crippen molar-refractivity contribution in [3.63, 3.8) is 0 Å². The summed E-state index contributed by atoms with van der Waals surface area (Å²) in [6.07, 6.45) is 0.632. The molecule has 2 aromatic rings. The third-order valence-electron chi connectivity index (χ3n) is 3.11. The monoisotopic (exact) mass is 332 g/mol. The zero-order chi connectivity index (χ0) is 18.1. The van der Waals surface area contributed by atoms with Gasteiger partial charge < -0.3 is 20.1 Å². The molecule has 0 spiro atoms. The lowest BCUT2D eigenvalue weighted by Crippen LogP contribution is -2.03. The fourth-order valence-electron chi connectivity index (χ4n) is 1.86. The normalized spacial score (nSPS) is 9.58. The maximum atomic E-state index is 11.1. The molecule has 0 saturated heterocycles. The Morgan fingerprint density at radius 2 is 1.62 bits per heavy atom. The molecule has 6 nitrogen and oxygen atoms in total. The molecule has 0 aliphatic heterocycles. The number of carbonyl (C=O) groups excluding carboxylic acids is 1. The van der Waals surface area contributed by atoms with Crippen molar-refractivity contribution in [3.8, 4) is 11.5 Å². The first-order valence-electron chi connectivity index (χ1n) is 7.41. The molecule has 0 fully saturated rings. The number of rotatable bonds is 4. The van der Waals surface area contributed by atoms with Crippen LogP contribution in [0.4, 0.5) is 0 Å². The summed E-state index contributed by atoms with van der Waals surface area (Å²) in [5.41, 5.74) is 1.08. The summed E-state index contributed by atoms with van der Waals surface area (Å²) in [6, 6.07) is 10.7. The average molecular weight is 332 g/mol. The predicted molar refractivity (Wildman–Crippen MR) is 88.5 cm³/mol. The Bertz CT molecular complexity index is 691. The minimum atomic E-state index is -1.09. The molecule has 0 radical (unpaired) electrons. The van der Waals surface area contributed by atoms with Crippen molar-refractivity contribution in [1.82, 2.24) is 0 Å². The Kier molecular flexibility index (Phi) is 7.29. The quantitative estimate of drug-likeness (QED) is 0.743. The summed E-state index contributed by atoms with van der Waals surface area (Å²) in [5, 5.41) is 26.9. The van der Waals surface area contributed by atoms with E-state index < -0.39 is 5.97 Å². The number of ether oxygens (including phenoxy) is 1. The molecule has 3 N–H and O–H groups in total. The zero-order valence-electron chi connectivity index (χ0n) is 13.5. The van der Waals surface area contributed by atoms with Gasteiger partial charge in [-0.25, -0.2) is 9.59 Å². The third kappa shape index (κ3) is 5.31. The molecule has 2 aromatic carbocycles. The molecule has 2 rings (SSSR count). The molecular formula is C18H20O6. The zero-order valence-corrected chi connectivity index (χ0v) is 13.5. The smallest absolute Gasteiger partial charge is 0.339 e. The number of hydrogen-bond donors (Lipinski definition) is 3. The topological polar surface area (TPSA) is 104 Å². The second kappa shape index (κ2) is 9.19. The van der Waals surface area contributed by atoms with Crippen molar-refractivity contribution in [1.29, 1.82) is 0 Å². The van der Waals surface area contributed by atoms with Gasteiger partial charge in [-0.1, -0.05) is 19.1 Å². The minimum Gasteiger partial charge on any atom is -0.508 e. The van der Waals surface area contributed by atoms with E-state index in [0.29, 0.717) is 24.2 Å². The van der Waals surface area contributed by atoms with Crippen LogP contribution in [0.15, 0.2) is 42.5 Å². The molecule has 0 amide bonds. The van der Waals surface area contributed by atoms with Gasteiger partial charge in [0.2, 0.25) is 0 Å². The first kappa shape index (κ1) is 19.0. The maximum absolute atomic E-state index is 11.1. The molecule has 0 aliphatic rings. The van der Waals surface area contributed by atoms with Crippen LogP contribution in [0.3, 0.4) is 0 Å². The molecule has 128 valence electrons. The van der Waals surface area contributed by atoms with Crippen molar-refractivity contribution in [2.24, 2.45) is 0 Å². The first-order valence-corrected chi connectivity index (χ1v) is 7.41. The van der Waals surface area contributed by atoms with Gasteiger partial charge in [-0.05, 0) is 49.2 Å². The Morgan fingerprint density at radius 1 is 1.00 bits per heavy atom. The molecule has 0 atom stereocenters. The summed E-state index contributed by atoms with van der Waals surface area (Å²) in [7, 11) is 0. The van der Waals surface area contributed by atoms with Crippen LogP contribution in [0, 0.1) is 0 Å².